The van der Waals surface area contributed by atoms with Crippen LogP contribution >= 0.6 is 0 Å². The molecule has 2 aromatic carbocycles. The molecule has 0 aliphatic heterocycles. The van der Waals surface area contributed by atoms with Crippen molar-refractivity contribution in [3.8, 4) is 11.1 Å². The van der Waals surface area contributed by atoms with Crippen LogP contribution in [-0.2, 0) is 11.3 Å². The van der Waals surface area contributed by atoms with E-state index >= 15 is 0 Å². The first-order chi connectivity index (χ1) is 10.5. The Labute approximate surface area is 131 Å². The van der Waals surface area contributed by atoms with E-state index in [1.807, 2.05) is 24.3 Å². The molecule has 1 N–H and O–H groups in total. The third-order valence-electron chi connectivity index (χ3n) is 3.44. The molecular formula is C19H21NO2. The Balaban J connectivity index is 2.25. The van der Waals surface area contributed by atoms with Crippen LogP contribution in [0.25, 0.3) is 16.7 Å². The van der Waals surface area contributed by atoms with Gasteiger partial charge >= 0.3 is 5.97 Å². The summed E-state index contributed by atoms with van der Waals surface area (Å²) in [5.41, 5.74) is 5.25. The van der Waals surface area contributed by atoms with E-state index in [1.165, 1.54) is 17.2 Å². The van der Waals surface area contributed by atoms with Crippen molar-refractivity contribution in [1.82, 2.24) is 4.90 Å². The summed E-state index contributed by atoms with van der Waals surface area (Å²) in [6.07, 6.45) is 1.23. The summed E-state index contributed by atoms with van der Waals surface area (Å²) in [5.74, 6) is -0.919. The Morgan fingerprint density at radius 1 is 1.09 bits per heavy atom. The number of carboxylic acids is 1. The van der Waals surface area contributed by atoms with E-state index in [1.54, 1.807) is 6.92 Å². The van der Waals surface area contributed by atoms with Gasteiger partial charge in [0.05, 0.1) is 0 Å². The van der Waals surface area contributed by atoms with E-state index in [0.717, 1.165) is 23.2 Å². The molecule has 3 heteroatoms. The summed E-state index contributed by atoms with van der Waals surface area (Å²) < 4.78 is 0. The van der Waals surface area contributed by atoms with E-state index in [-0.39, 0.29) is 0 Å². The number of benzene rings is 2. The Morgan fingerprint density at radius 2 is 1.77 bits per heavy atom. The molecule has 0 amide bonds. The molecule has 0 atom stereocenters. The van der Waals surface area contributed by atoms with Crippen molar-refractivity contribution in [2.24, 2.45) is 0 Å². The van der Waals surface area contributed by atoms with Gasteiger partial charge in [0.1, 0.15) is 0 Å². The molecule has 0 aromatic heterocycles. The first-order valence-electron chi connectivity index (χ1n) is 7.21. The van der Waals surface area contributed by atoms with E-state index in [4.69, 9.17) is 5.11 Å². The summed E-state index contributed by atoms with van der Waals surface area (Å²) in [6, 6.07) is 16.5. The van der Waals surface area contributed by atoms with Crippen LogP contribution in [-0.4, -0.2) is 30.1 Å². The van der Waals surface area contributed by atoms with Gasteiger partial charge in [0.15, 0.2) is 0 Å². The molecular weight excluding hydrogens is 274 g/mol. The maximum Gasteiger partial charge on any atom is 0.328 e. The van der Waals surface area contributed by atoms with Crippen LogP contribution in [0.15, 0.2) is 54.6 Å². The summed E-state index contributed by atoms with van der Waals surface area (Å²) in [5, 5.41) is 8.80. The molecule has 0 unspecified atom stereocenters. The number of hydrogen-bond acceptors (Lipinski definition) is 2. The monoisotopic (exact) mass is 295 g/mol. The lowest BCUT2D eigenvalue weighted by Gasteiger charge is -2.11. The predicted molar refractivity (Wildman–Crippen MR) is 90.6 cm³/mol. The van der Waals surface area contributed by atoms with Crippen LogP contribution < -0.4 is 0 Å². The summed E-state index contributed by atoms with van der Waals surface area (Å²) in [6.45, 7) is 2.72. The predicted octanol–water partition coefficient (Wildman–Crippen LogP) is 3.90. The number of allylic oxidation sites excluding steroid dienone is 1. The third-order valence-corrected chi connectivity index (χ3v) is 3.44. The van der Waals surface area contributed by atoms with Crippen molar-refractivity contribution in [2.75, 3.05) is 14.1 Å². The topological polar surface area (TPSA) is 40.5 Å². The fourth-order valence-electron chi connectivity index (χ4n) is 2.41. The molecule has 2 aromatic rings. The first kappa shape index (κ1) is 16.0. The molecule has 3 nitrogen and oxygen atoms in total. The van der Waals surface area contributed by atoms with Crippen molar-refractivity contribution < 1.29 is 9.90 Å². The van der Waals surface area contributed by atoms with Crippen molar-refractivity contribution in [3.63, 3.8) is 0 Å². The molecule has 0 heterocycles. The summed E-state index contributed by atoms with van der Waals surface area (Å²) in [4.78, 5) is 12.9. The van der Waals surface area contributed by atoms with Crippen molar-refractivity contribution >= 4 is 11.5 Å². The number of aliphatic carboxylic acids is 1. The van der Waals surface area contributed by atoms with Gasteiger partial charge in [-0.1, -0.05) is 42.5 Å². The molecule has 0 fully saturated rings. The highest BCUT2D eigenvalue weighted by atomic mass is 16.4. The Kier molecular flexibility index (Phi) is 5.12. The minimum Gasteiger partial charge on any atom is -0.478 e. The average Bonchev–Trinajstić information content (AvgIpc) is 2.46. The zero-order chi connectivity index (χ0) is 16.1. The van der Waals surface area contributed by atoms with Gasteiger partial charge in [0, 0.05) is 12.6 Å². The van der Waals surface area contributed by atoms with Gasteiger partial charge in [-0.15, -0.1) is 0 Å². The average molecular weight is 295 g/mol. The quantitative estimate of drug-likeness (QED) is 0.850. The molecule has 2 rings (SSSR count). The highest BCUT2D eigenvalue weighted by molar-refractivity contribution is 5.89. The molecule has 0 saturated heterocycles. The molecule has 22 heavy (non-hydrogen) atoms. The number of hydrogen-bond donors (Lipinski definition) is 1. The Bertz CT molecular complexity index is 685. The molecule has 0 aliphatic carbocycles. The van der Waals surface area contributed by atoms with E-state index in [0.29, 0.717) is 0 Å². The minimum atomic E-state index is -0.919. The lowest BCUT2D eigenvalue weighted by atomic mass is 9.99. The van der Waals surface area contributed by atoms with Crippen LogP contribution in [0.3, 0.4) is 0 Å². The van der Waals surface area contributed by atoms with Crippen molar-refractivity contribution in [1.29, 1.82) is 0 Å². The fourth-order valence-corrected chi connectivity index (χ4v) is 2.41. The minimum absolute atomic E-state index is 0.750. The van der Waals surface area contributed by atoms with Gasteiger partial charge in [-0.2, -0.15) is 0 Å². The van der Waals surface area contributed by atoms with Crippen LogP contribution in [0, 0.1) is 0 Å². The highest BCUT2D eigenvalue weighted by Crippen LogP contribution is 2.23. The molecule has 0 radical (unpaired) electrons. The Morgan fingerprint density at radius 3 is 2.36 bits per heavy atom. The maximum atomic E-state index is 10.7. The van der Waals surface area contributed by atoms with Gasteiger partial charge in [-0.3, -0.25) is 0 Å². The molecule has 0 spiro atoms. The summed E-state index contributed by atoms with van der Waals surface area (Å²) in [7, 11) is 4.11. The van der Waals surface area contributed by atoms with Crippen molar-refractivity contribution in [3.05, 3.63) is 65.7 Å². The molecule has 114 valence electrons. The highest BCUT2D eigenvalue weighted by Gasteiger charge is 2.03. The molecule has 0 bridgehead atoms. The van der Waals surface area contributed by atoms with Gasteiger partial charge in [-0.25, -0.2) is 4.79 Å². The molecule has 0 aliphatic rings. The van der Waals surface area contributed by atoms with Crippen LogP contribution in [0.4, 0.5) is 0 Å². The Hall–Kier alpha value is -2.39. The summed E-state index contributed by atoms with van der Waals surface area (Å²) >= 11 is 0. The van der Waals surface area contributed by atoms with E-state index < -0.39 is 5.97 Å². The van der Waals surface area contributed by atoms with E-state index in [2.05, 4.69) is 43.3 Å². The van der Waals surface area contributed by atoms with Crippen LogP contribution in [0.2, 0.25) is 0 Å². The zero-order valence-corrected chi connectivity index (χ0v) is 13.2. The SMILES string of the molecule is C/C(=C\C(=O)O)c1ccc(-c2cccc(CN(C)C)c2)cc1. The van der Waals surface area contributed by atoms with Crippen LogP contribution in [0.1, 0.15) is 18.1 Å². The number of carbonyl (C=O) groups is 1. The first-order valence-corrected chi connectivity index (χ1v) is 7.21. The second-order valence-electron chi connectivity index (χ2n) is 5.68. The number of rotatable bonds is 5. The lowest BCUT2D eigenvalue weighted by molar-refractivity contribution is -0.131. The maximum absolute atomic E-state index is 10.7. The zero-order valence-electron chi connectivity index (χ0n) is 13.2. The number of carboxylic acid groups (broad SMARTS) is 1. The standard InChI is InChI=1S/C19H21NO2/c1-14(11-19(21)22)16-7-9-17(10-8-16)18-6-4-5-15(12-18)13-20(2)3/h4-12H,13H2,1-3H3,(H,21,22)/b14-11+. The van der Waals surface area contributed by atoms with Gasteiger partial charge in [0.25, 0.3) is 0 Å². The largest absolute Gasteiger partial charge is 0.478 e. The smallest absolute Gasteiger partial charge is 0.328 e. The van der Waals surface area contributed by atoms with Gasteiger partial charge in [-0.05, 0) is 54.9 Å². The second-order valence-corrected chi connectivity index (χ2v) is 5.68. The van der Waals surface area contributed by atoms with Gasteiger partial charge in [0.2, 0.25) is 0 Å². The fraction of sp³-hybridized carbons (Fsp3) is 0.211. The van der Waals surface area contributed by atoms with Crippen LogP contribution in [0.5, 0.6) is 0 Å². The third kappa shape index (κ3) is 4.30. The lowest BCUT2D eigenvalue weighted by Crippen LogP contribution is -2.10. The second kappa shape index (κ2) is 7.05. The number of nitrogens with zero attached hydrogens (tertiary/aromatic N) is 1. The van der Waals surface area contributed by atoms with Gasteiger partial charge < -0.3 is 10.0 Å². The normalized spacial score (nSPS) is 11.7. The molecule has 0 saturated carbocycles. The van der Waals surface area contributed by atoms with Crippen molar-refractivity contribution in [2.45, 2.75) is 13.5 Å². The van der Waals surface area contributed by atoms with E-state index in [9.17, 15) is 4.79 Å².